The molecule has 0 aliphatic carbocycles. The van der Waals surface area contributed by atoms with Crippen molar-refractivity contribution >= 4 is 33.4 Å². The van der Waals surface area contributed by atoms with E-state index < -0.39 is 4.92 Å². The average molecular weight is 315 g/mol. The second-order valence-electron chi connectivity index (χ2n) is 3.12. The summed E-state index contributed by atoms with van der Waals surface area (Å²) in [7, 11) is 0. The normalized spacial score (nSPS) is 10.4. The number of nitrogens with zero attached hydrogens (tertiary/aromatic N) is 3. The smallest absolute Gasteiger partial charge is 0.258 e. The molecular formula is C9H7BrN4O2S. The molecule has 1 aromatic carbocycles. The van der Waals surface area contributed by atoms with Crippen LogP contribution in [0.3, 0.4) is 0 Å². The highest BCUT2D eigenvalue weighted by molar-refractivity contribution is 9.10. The quantitative estimate of drug-likeness (QED) is 0.533. The molecule has 88 valence electrons. The van der Waals surface area contributed by atoms with E-state index in [9.17, 15) is 10.1 Å². The predicted molar refractivity (Wildman–Crippen MR) is 66.7 cm³/mol. The lowest BCUT2D eigenvalue weighted by molar-refractivity contribution is -0.385. The van der Waals surface area contributed by atoms with E-state index in [2.05, 4.69) is 31.1 Å². The van der Waals surface area contributed by atoms with Crippen molar-refractivity contribution in [3.63, 3.8) is 0 Å². The Kier molecular flexibility index (Phi) is 3.75. The third-order valence-electron chi connectivity index (χ3n) is 1.98. The number of nitrogens with one attached hydrogen (secondary N) is 1. The fraction of sp³-hybridized carbons (Fsp3) is 0.111. The van der Waals surface area contributed by atoms with Crippen LogP contribution in [0.25, 0.3) is 0 Å². The lowest BCUT2D eigenvalue weighted by atomic mass is 10.2. The molecule has 0 spiro atoms. The van der Waals surface area contributed by atoms with Gasteiger partial charge in [-0.25, -0.2) is 4.98 Å². The Morgan fingerprint density at radius 1 is 1.53 bits per heavy atom. The third-order valence-corrected chi connectivity index (χ3v) is 3.59. The Labute approximate surface area is 109 Å². The summed E-state index contributed by atoms with van der Waals surface area (Å²) >= 11 is 4.58. The van der Waals surface area contributed by atoms with Crippen molar-refractivity contribution in [2.24, 2.45) is 0 Å². The minimum atomic E-state index is -0.410. The van der Waals surface area contributed by atoms with E-state index in [1.165, 1.54) is 18.1 Å². The van der Waals surface area contributed by atoms with Crippen molar-refractivity contribution in [2.45, 2.75) is 10.9 Å². The molecule has 0 aliphatic rings. The van der Waals surface area contributed by atoms with Crippen LogP contribution in [-0.4, -0.2) is 20.1 Å². The fourth-order valence-corrected chi connectivity index (χ4v) is 2.32. The van der Waals surface area contributed by atoms with Crippen molar-refractivity contribution in [1.29, 1.82) is 0 Å². The highest BCUT2D eigenvalue weighted by Crippen LogP contribution is 2.28. The maximum absolute atomic E-state index is 10.7. The van der Waals surface area contributed by atoms with E-state index >= 15 is 0 Å². The number of hydrogen-bond donors (Lipinski definition) is 1. The van der Waals surface area contributed by atoms with Gasteiger partial charge in [-0.1, -0.05) is 17.8 Å². The minimum Gasteiger partial charge on any atom is -0.258 e. The van der Waals surface area contributed by atoms with Gasteiger partial charge in [0.05, 0.1) is 9.40 Å². The molecule has 0 atom stereocenters. The Hall–Kier alpha value is -1.41. The molecule has 8 heteroatoms. The van der Waals surface area contributed by atoms with Crippen LogP contribution in [0, 0.1) is 10.1 Å². The molecule has 1 heterocycles. The number of nitro groups is 1. The Balaban J connectivity index is 2.11. The largest absolute Gasteiger partial charge is 0.283 e. The first-order chi connectivity index (χ1) is 8.16. The number of halogens is 1. The topological polar surface area (TPSA) is 84.7 Å². The van der Waals surface area contributed by atoms with Crippen LogP contribution in [-0.2, 0) is 5.75 Å². The van der Waals surface area contributed by atoms with Crippen LogP contribution < -0.4 is 0 Å². The first-order valence-electron chi connectivity index (χ1n) is 4.58. The van der Waals surface area contributed by atoms with Gasteiger partial charge in [0.2, 0.25) is 0 Å². The molecule has 17 heavy (non-hydrogen) atoms. The number of H-pyrrole nitrogens is 1. The number of aromatic amines is 1. The predicted octanol–water partition coefficient (Wildman–Crippen LogP) is 2.77. The molecule has 0 unspecified atom stereocenters. The second-order valence-corrected chi connectivity index (χ2v) is 4.94. The maximum Gasteiger partial charge on any atom is 0.283 e. The minimum absolute atomic E-state index is 0.0701. The van der Waals surface area contributed by atoms with Crippen molar-refractivity contribution < 1.29 is 4.92 Å². The maximum atomic E-state index is 10.7. The summed E-state index contributed by atoms with van der Waals surface area (Å²) in [5.41, 5.74) is 0.932. The van der Waals surface area contributed by atoms with Gasteiger partial charge in [-0.15, -0.1) is 0 Å². The number of thioether (sulfide) groups is 1. The van der Waals surface area contributed by atoms with Gasteiger partial charge in [-0.3, -0.25) is 15.2 Å². The van der Waals surface area contributed by atoms with Crippen molar-refractivity contribution in [3.8, 4) is 0 Å². The van der Waals surface area contributed by atoms with Gasteiger partial charge in [-0.2, -0.15) is 5.10 Å². The van der Waals surface area contributed by atoms with E-state index in [-0.39, 0.29) is 5.69 Å². The molecule has 0 saturated heterocycles. The number of benzene rings is 1. The van der Waals surface area contributed by atoms with Crippen LogP contribution >= 0.6 is 27.7 Å². The van der Waals surface area contributed by atoms with Crippen LogP contribution in [0.15, 0.2) is 34.2 Å². The zero-order valence-corrected chi connectivity index (χ0v) is 10.9. The standard InChI is InChI=1S/C9H7BrN4O2S/c10-7-2-1-6(3-8(7)14(15)16)4-17-9-11-5-12-13-9/h1-3,5H,4H2,(H,11,12,13). The molecule has 2 rings (SSSR count). The third kappa shape index (κ3) is 3.04. The van der Waals surface area contributed by atoms with Gasteiger partial charge in [0.25, 0.3) is 5.69 Å². The summed E-state index contributed by atoms with van der Waals surface area (Å²) < 4.78 is 0.482. The van der Waals surface area contributed by atoms with Crippen molar-refractivity contribution in [2.75, 3.05) is 0 Å². The zero-order chi connectivity index (χ0) is 12.3. The van der Waals surface area contributed by atoms with Gasteiger partial charge >= 0.3 is 0 Å². The van der Waals surface area contributed by atoms with Crippen LogP contribution in [0.4, 0.5) is 5.69 Å². The van der Waals surface area contributed by atoms with Gasteiger partial charge in [-0.05, 0) is 27.6 Å². The number of nitro benzene ring substituents is 1. The lowest BCUT2D eigenvalue weighted by Gasteiger charge is -2.00. The zero-order valence-electron chi connectivity index (χ0n) is 8.46. The van der Waals surface area contributed by atoms with Gasteiger partial charge in [0, 0.05) is 11.8 Å². The molecule has 6 nitrogen and oxygen atoms in total. The molecule has 0 amide bonds. The fourth-order valence-electron chi connectivity index (χ4n) is 1.20. The van der Waals surface area contributed by atoms with Crippen molar-refractivity contribution in [3.05, 3.63) is 44.7 Å². The summed E-state index contributed by atoms with van der Waals surface area (Å²) in [6.07, 6.45) is 1.42. The first-order valence-corrected chi connectivity index (χ1v) is 6.35. The molecule has 0 saturated carbocycles. The molecule has 0 bridgehead atoms. The Bertz CT molecular complexity index is 532. The van der Waals surface area contributed by atoms with Crippen LogP contribution in [0.1, 0.15) is 5.56 Å². The van der Waals surface area contributed by atoms with Crippen LogP contribution in [0.2, 0.25) is 0 Å². The SMILES string of the molecule is O=[N+]([O-])c1cc(CSc2ncn[nH]2)ccc1Br. The molecule has 0 radical (unpaired) electrons. The van der Waals surface area contributed by atoms with Gasteiger partial charge in [0.15, 0.2) is 5.16 Å². The summed E-state index contributed by atoms with van der Waals surface area (Å²) in [5.74, 6) is 0.601. The van der Waals surface area contributed by atoms with E-state index in [0.29, 0.717) is 15.4 Å². The van der Waals surface area contributed by atoms with Gasteiger partial charge < -0.3 is 0 Å². The monoisotopic (exact) mass is 314 g/mol. The van der Waals surface area contributed by atoms with E-state index in [1.807, 2.05) is 6.07 Å². The Morgan fingerprint density at radius 2 is 2.35 bits per heavy atom. The number of rotatable bonds is 4. The highest BCUT2D eigenvalue weighted by Gasteiger charge is 2.12. The van der Waals surface area contributed by atoms with Gasteiger partial charge in [0.1, 0.15) is 6.33 Å². The first kappa shape index (κ1) is 12.1. The number of aromatic nitrogens is 3. The molecular weight excluding hydrogens is 308 g/mol. The number of hydrogen-bond acceptors (Lipinski definition) is 5. The average Bonchev–Trinajstić information content (AvgIpc) is 2.80. The molecule has 1 aromatic heterocycles. The van der Waals surface area contributed by atoms with E-state index in [1.54, 1.807) is 12.1 Å². The second kappa shape index (κ2) is 5.28. The molecule has 0 fully saturated rings. The summed E-state index contributed by atoms with van der Waals surface area (Å²) in [5, 5.41) is 17.9. The van der Waals surface area contributed by atoms with Crippen molar-refractivity contribution in [1.82, 2.24) is 15.2 Å². The van der Waals surface area contributed by atoms with E-state index in [0.717, 1.165) is 5.56 Å². The Morgan fingerprint density at radius 3 is 3.00 bits per heavy atom. The lowest BCUT2D eigenvalue weighted by Crippen LogP contribution is -1.91. The van der Waals surface area contributed by atoms with E-state index in [4.69, 9.17) is 0 Å². The summed E-state index contributed by atoms with van der Waals surface area (Å²) in [6, 6.07) is 5.06. The molecule has 2 aromatic rings. The summed E-state index contributed by atoms with van der Waals surface area (Å²) in [4.78, 5) is 14.3. The molecule has 1 N–H and O–H groups in total. The molecule has 0 aliphatic heterocycles. The summed E-state index contributed by atoms with van der Waals surface area (Å²) in [6.45, 7) is 0. The van der Waals surface area contributed by atoms with Crippen LogP contribution in [0.5, 0.6) is 0 Å². The highest BCUT2D eigenvalue weighted by atomic mass is 79.9.